The molecule has 1 rings (SSSR count). The summed E-state index contributed by atoms with van der Waals surface area (Å²) in [6, 6.07) is 0. The van der Waals surface area contributed by atoms with Crippen LogP contribution < -0.4 is 5.32 Å². The van der Waals surface area contributed by atoms with E-state index >= 15 is 0 Å². The Hall–Kier alpha value is -0.570. The van der Waals surface area contributed by atoms with Crippen LogP contribution in [0.2, 0.25) is 0 Å². The summed E-state index contributed by atoms with van der Waals surface area (Å²) in [6.07, 6.45) is 2.43. The van der Waals surface area contributed by atoms with E-state index in [-0.39, 0.29) is 0 Å². The number of hydrogen-bond donors (Lipinski definition) is 1. The van der Waals surface area contributed by atoms with E-state index in [0.717, 1.165) is 19.6 Å². The van der Waals surface area contributed by atoms with E-state index in [4.69, 9.17) is 0 Å². The first kappa shape index (κ1) is 9.52. The quantitative estimate of drug-likeness (QED) is 0.628. The summed E-state index contributed by atoms with van der Waals surface area (Å²) in [5.74, 6) is 1.22. The van der Waals surface area contributed by atoms with Gasteiger partial charge in [-0.25, -0.2) is 0 Å². The molecule has 0 aromatic rings. The molecule has 0 fully saturated rings. The van der Waals surface area contributed by atoms with Crippen LogP contribution in [0.1, 0.15) is 19.8 Å². The monoisotopic (exact) mass is 169 g/mol. The van der Waals surface area contributed by atoms with Gasteiger partial charge < -0.3 is 10.2 Å². The van der Waals surface area contributed by atoms with Crippen molar-refractivity contribution in [1.29, 1.82) is 0 Å². The van der Waals surface area contributed by atoms with E-state index in [1.807, 2.05) is 7.05 Å². The lowest BCUT2D eigenvalue weighted by Crippen LogP contribution is -2.35. The van der Waals surface area contributed by atoms with E-state index in [9.17, 15) is 0 Å². The fourth-order valence-corrected chi connectivity index (χ4v) is 1.48. The Kier molecular flexibility index (Phi) is 4.08. The second kappa shape index (κ2) is 5.14. The minimum absolute atomic E-state index is 1.02. The van der Waals surface area contributed by atoms with Crippen molar-refractivity contribution < 1.29 is 0 Å². The average Bonchev–Trinajstić information content (AvgIpc) is 2.09. The van der Waals surface area contributed by atoms with Gasteiger partial charge in [0.15, 0.2) is 0 Å². The normalized spacial score (nSPS) is 17.8. The van der Waals surface area contributed by atoms with Crippen molar-refractivity contribution in [2.75, 3.05) is 33.2 Å². The maximum atomic E-state index is 4.41. The molecule has 0 radical (unpaired) electrons. The summed E-state index contributed by atoms with van der Waals surface area (Å²) >= 11 is 0. The molecule has 0 aliphatic carbocycles. The minimum Gasteiger partial charge on any atom is -0.360 e. The lowest BCUT2D eigenvalue weighted by molar-refractivity contribution is 0.383. The summed E-state index contributed by atoms with van der Waals surface area (Å²) in [5.41, 5.74) is 0. The van der Waals surface area contributed by atoms with Gasteiger partial charge in [0, 0.05) is 19.6 Å². The number of nitrogens with zero attached hydrogens (tertiary/aromatic N) is 2. The van der Waals surface area contributed by atoms with Crippen LogP contribution in [-0.4, -0.2) is 44.0 Å². The average molecular weight is 169 g/mol. The van der Waals surface area contributed by atoms with Crippen molar-refractivity contribution in [3.63, 3.8) is 0 Å². The van der Waals surface area contributed by atoms with Gasteiger partial charge in [0.25, 0.3) is 0 Å². The van der Waals surface area contributed by atoms with E-state index in [1.54, 1.807) is 0 Å². The fourth-order valence-electron chi connectivity index (χ4n) is 1.48. The van der Waals surface area contributed by atoms with Crippen molar-refractivity contribution in [1.82, 2.24) is 10.2 Å². The molecule has 12 heavy (non-hydrogen) atoms. The predicted octanol–water partition coefficient (Wildman–Crippen LogP) is 0.720. The van der Waals surface area contributed by atoms with E-state index in [0.29, 0.717) is 0 Å². The van der Waals surface area contributed by atoms with Crippen molar-refractivity contribution in [2.45, 2.75) is 19.8 Å². The van der Waals surface area contributed by atoms with Crippen molar-refractivity contribution in [3.8, 4) is 0 Å². The standard InChI is InChI=1S/C9H19N3/c1-9-11-6-4-8-12(9)7-3-5-10-2/h10H,3-8H2,1-2H3. The van der Waals surface area contributed by atoms with Gasteiger partial charge in [-0.1, -0.05) is 0 Å². The van der Waals surface area contributed by atoms with Gasteiger partial charge in [0.2, 0.25) is 0 Å². The third-order valence-electron chi connectivity index (χ3n) is 2.24. The lowest BCUT2D eigenvalue weighted by atomic mass is 10.3. The Balaban J connectivity index is 2.21. The van der Waals surface area contributed by atoms with Crippen LogP contribution in [0.15, 0.2) is 4.99 Å². The molecular formula is C9H19N3. The maximum absolute atomic E-state index is 4.41. The lowest BCUT2D eigenvalue weighted by Gasteiger charge is -2.27. The Labute approximate surface area is 74.9 Å². The zero-order valence-electron chi connectivity index (χ0n) is 8.14. The molecular weight excluding hydrogens is 150 g/mol. The third-order valence-corrected chi connectivity index (χ3v) is 2.24. The number of aliphatic imine (C=N–C) groups is 1. The molecule has 1 heterocycles. The highest BCUT2D eigenvalue weighted by Crippen LogP contribution is 2.02. The van der Waals surface area contributed by atoms with Crippen LogP contribution in [0.3, 0.4) is 0 Å². The first-order chi connectivity index (χ1) is 5.84. The van der Waals surface area contributed by atoms with E-state index in [1.165, 1.54) is 25.2 Å². The highest BCUT2D eigenvalue weighted by Gasteiger charge is 2.09. The van der Waals surface area contributed by atoms with E-state index in [2.05, 4.69) is 22.1 Å². The molecule has 0 bridgehead atoms. The van der Waals surface area contributed by atoms with Gasteiger partial charge in [-0.15, -0.1) is 0 Å². The van der Waals surface area contributed by atoms with Gasteiger partial charge in [-0.2, -0.15) is 0 Å². The highest BCUT2D eigenvalue weighted by molar-refractivity contribution is 5.80. The van der Waals surface area contributed by atoms with Crippen molar-refractivity contribution in [2.24, 2.45) is 4.99 Å². The summed E-state index contributed by atoms with van der Waals surface area (Å²) < 4.78 is 0. The molecule has 1 N–H and O–H groups in total. The Bertz CT molecular complexity index is 154. The highest BCUT2D eigenvalue weighted by atomic mass is 15.2. The van der Waals surface area contributed by atoms with Crippen LogP contribution in [0.4, 0.5) is 0 Å². The number of nitrogens with one attached hydrogen (secondary N) is 1. The van der Waals surface area contributed by atoms with Crippen LogP contribution in [0, 0.1) is 0 Å². The Morgan fingerprint density at radius 3 is 3.08 bits per heavy atom. The number of hydrogen-bond acceptors (Lipinski definition) is 3. The third kappa shape index (κ3) is 2.81. The van der Waals surface area contributed by atoms with Crippen LogP contribution >= 0.6 is 0 Å². The van der Waals surface area contributed by atoms with E-state index < -0.39 is 0 Å². The molecule has 0 amide bonds. The van der Waals surface area contributed by atoms with Crippen LogP contribution in [0.5, 0.6) is 0 Å². The number of rotatable bonds is 4. The van der Waals surface area contributed by atoms with Crippen LogP contribution in [0.25, 0.3) is 0 Å². The topological polar surface area (TPSA) is 27.6 Å². The SMILES string of the molecule is CNCCCN1CCCN=C1C. The molecule has 0 unspecified atom stereocenters. The first-order valence-corrected chi connectivity index (χ1v) is 4.75. The Morgan fingerprint density at radius 1 is 1.58 bits per heavy atom. The summed E-state index contributed by atoms with van der Waals surface area (Å²) in [6.45, 7) is 6.58. The summed E-state index contributed by atoms with van der Waals surface area (Å²) in [4.78, 5) is 6.79. The number of amidine groups is 1. The zero-order chi connectivity index (χ0) is 8.81. The van der Waals surface area contributed by atoms with Gasteiger partial charge in [-0.3, -0.25) is 4.99 Å². The smallest absolute Gasteiger partial charge is 0.0957 e. The second-order valence-corrected chi connectivity index (χ2v) is 3.23. The van der Waals surface area contributed by atoms with Gasteiger partial charge in [-0.05, 0) is 33.4 Å². The molecule has 0 saturated carbocycles. The van der Waals surface area contributed by atoms with Gasteiger partial charge in [0.05, 0.1) is 5.84 Å². The molecule has 0 spiro atoms. The molecule has 3 nitrogen and oxygen atoms in total. The van der Waals surface area contributed by atoms with Gasteiger partial charge >= 0.3 is 0 Å². The summed E-state index contributed by atoms with van der Waals surface area (Å²) in [7, 11) is 2.00. The van der Waals surface area contributed by atoms with Crippen LogP contribution in [-0.2, 0) is 0 Å². The zero-order valence-corrected chi connectivity index (χ0v) is 8.14. The largest absolute Gasteiger partial charge is 0.360 e. The molecule has 1 aliphatic rings. The Morgan fingerprint density at radius 2 is 2.42 bits per heavy atom. The molecule has 1 aliphatic heterocycles. The second-order valence-electron chi connectivity index (χ2n) is 3.23. The first-order valence-electron chi connectivity index (χ1n) is 4.75. The molecule has 0 aromatic heterocycles. The van der Waals surface area contributed by atoms with Gasteiger partial charge in [0.1, 0.15) is 0 Å². The molecule has 70 valence electrons. The molecule has 0 saturated heterocycles. The fraction of sp³-hybridized carbons (Fsp3) is 0.889. The molecule has 0 aromatic carbocycles. The molecule has 0 atom stereocenters. The van der Waals surface area contributed by atoms with Crippen molar-refractivity contribution >= 4 is 5.84 Å². The summed E-state index contributed by atoms with van der Waals surface area (Å²) in [5, 5.41) is 3.16. The minimum atomic E-state index is 1.02. The maximum Gasteiger partial charge on any atom is 0.0957 e. The molecule has 3 heteroatoms. The van der Waals surface area contributed by atoms with Crippen molar-refractivity contribution in [3.05, 3.63) is 0 Å². The predicted molar refractivity (Wildman–Crippen MR) is 52.7 cm³/mol.